The van der Waals surface area contributed by atoms with Crippen molar-refractivity contribution in [3.05, 3.63) is 35.4 Å². The fraction of sp³-hybridized carbons (Fsp3) is 0.571. The zero-order valence-corrected chi connectivity index (χ0v) is 12.5. The second-order valence-corrected chi connectivity index (χ2v) is 5.58. The Bertz CT molecular complexity index is 366. The molecule has 0 heterocycles. The molecule has 0 bridgehead atoms. The van der Waals surface area contributed by atoms with E-state index in [9.17, 15) is 8.78 Å². The lowest BCUT2D eigenvalue weighted by molar-refractivity contribution is 0.151. The van der Waals surface area contributed by atoms with Crippen LogP contribution >= 0.6 is 12.4 Å². The molecule has 0 unspecified atom stereocenters. The standard InChI is InChI=1S/C14H22F2N2.ClH/c1-14(2,9-17)10-18(3)8-11-4-6-12(7-5-11)13(15)16;/h4-7,13H,8-10,17H2,1-3H3;1H. The average molecular weight is 293 g/mol. The molecule has 0 radical (unpaired) electrons. The van der Waals surface area contributed by atoms with Crippen LogP contribution in [0.2, 0.25) is 0 Å². The van der Waals surface area contributed by atoms with Gasteiger partial charge in [0.25, 0.3) is 6.43 Å². The van der Waals surface area contributed by atoms with E-state index in [-0.39, 0.29) is 23.4 Å². The highest BCUT2D eigenvalue weighted by atomic mass is 35.5. The second kappa shape index (κ2) is 7.78. The topological polar surface area (TPSA) is 29.3 Å². The first-order chi connectivity index (χ1) is 8.34. The van der Waals surface area contributed by atoms with Crippen molar-refractivity contribution in [2.24, 2.45) is 11.1 Å². The van der Waals surface area contributed by atoms with Gasteiger partial charge in [-0.1, -0.05) is 38.1 Å². The van der Waals surface area contributed by atoms with Crippen LogP contribution in [0.3, 0.4) is 0 Å². The first-order valence-corrected chi connectivity index (χ1v) is 6.10. The lowest BCUT2D eigenvalue weighted by Gasteiger charge is -2.29. The third kappa shape index (κ3) is 6.32. The molecule has 0 spiro atoms. The molecule has 2 nitrogen and oxygen atoms in total. The Morgan fingerprint density at radius 3 is 2.16 bits per heavy atom. The number of rotatable bonds is 6. The van der Waals surface area contributed by atoms with Gasteiger partial charge in [0.15, 0.2) is 0 Å². The summed E-state index contributed by atoms with van der Waals surface area (Å²) < 4.78 is 24.8. The van der Waals surface area contributed by atoms with Crippen LogP contribution in [-0.2, 0) is 6.54 Å². The van der Waals surface area contributed by atoms with Crippen LogP contribution in [-0.4, -0.2) is 25.0 Å². The van der Waals surface area contributed by atoms with Crippen LogP contribution in [0.4, 0.5) is 8.78 Å². The van der Waals surface area contributed by atoms with Gasteiger partial charge in [0.1, 0.15) is 0 Å². The molecule has 2 N–H and O–H groups in total. The van der Waals surface area contributed by atoms with Gasteiger partial charge in [0.2, 0.25) is 0 Å². The van der Waals surface area contributed by atoms with E-state index >= 15 is 0 Å². The van der Waals surface area contributed by atoms with Crippen molar-refractivity contribution in [1.82, 2.24) is 4.90 Å². The first-order valence-electron chi connectivity index (χ1n) is 6.10. The number of hydrogen-bond donors (Lipinski definition) is 1. The maximum atomic E-state index is 12.4. The SMILES string of the molecule is CN(Cc1ccc(C(F)F)cc1)CC(C)(C)CN.Cl. The molecule has 1 aromatic carbocycles. The van der Waals surface area contributed by atoms with Crippen molar-refractivity contribution in [3.63, 3.8) is 0 Å². The van der Waals surface area contributed by atoms with Crippen molar-refractivity contribution < 1.29 is 8.78 Å². The Kier molecular flexibility index (Phi) is 7.49. The van der Waals surface area contributed by atoms with Gasteiger partial charge < -0.3 is 10.6 Å². The molecule has 0 saturated carbocycles. The molecule has 0 fully saturated rings. The second-order valence-electron chi connectivity index (χ2n) is 5.58. The van der Waals surface area contributed by atoms with Gasteiger partial charge in [-0.25, -0.2) is 8.78 Å². The highest BCUT2D eigenvalue weighted by molar-refractivity contribution is 5.85. The number of halogens is 3. The van der Waals surface area contributed by atoms with Gasteiger partial charge in [-0.2, -0.15) is 0 Å². The van der Waals surface area contributed by atoms with Gasteiger partial charge in [-0.3, -0.25) is 0 Å². The van der Waals surface area contributed by atoms with Crippen molar-refractivity contribution in [3.8, 4) is 0 Å². The van der Waals surface area contributed by atoms with Gasteiger partial charge in [-0.05, 0) is 24.6 Å². The molecular formula is C14H23ClF2N2. The summed E-state index contributed by atoms with van der Waals surface area (Å²) in [5.41, 5.74) is 6.87. The molecule has 0 aliphatic rings. The fourth-order valence-corrected chi connectivity index (χ4v) is 1.93. The first kappa shape index (κ1) is 18.3. The highest BCUT2D eigenvalue weighted by Crippen LogP contribution is 2.20. The molecule has 0 saturated heterocycles. The summed E-state index contributed by atoms with van der Waals surface area (Å²) >= 11 is 0. The Morgan fingerprint density at radius 1 is 1.21 bits per heavy atom. The quantitative estimate of drug-likeness (QED) is 0.870. The van der Waals surface area contributed by atoms with Crippen LogP contribution in [0.25, 0.3) is 0 Å². The Labute approximate surface area is 120 Å². The van der Waals surface area contributed by atoms with Crippen LogP contribution in [0, 0.1) is 5.41 Å². The molecule has 0 aliphatic carbocycles. The molecule has 0 atom stereocenters. The Hall–Kier alpha value is -0.710. The minimum atomic E-state index is -2.40. The normalized spacial score (nSPS) is 11.8. The fourth-order valence-electron chi connectivity index (χ4n) is 1.93. The lowest BCUT2D eigenvalue weighted by atomic mass is 9.93. The third-order valence-corrected chi connectivity index (χ3v) is 2.93. The van der Waals surface area contributed by atoms with Crippen molar-refractivity contribution >= 4 is 12.4 Å². The summed E-state index contributed by atoms with van der Waals surface area (Å²) in [5.74, 6) is 0. The maximum absolute atomic E-state index is 12.4. The van der Waals surface area contributed by atoms with Gasteiger partial charge >= 0.3 is 0 Å². The van der Waals surface area contributed by atoms with Gasteiger partial charge in [0, 0.05) is 18.7 Å². The Balaban J connectivity index is 0.00000324. The maximum Gasteiger partial charge on any atom is 0.263 e. The van der Waals surface area contributed by atoms with Crippen molar-refractivity contribution in [2.45, 2.75) is 26.8 Å². The average Bonchev–Trinajstić information content (AvgIpc) is 2.29. The lowest BCUT2D eigenvalue weighted by Crippen LogP contribution is -2.36. The van der Waals surface area contributed by atoms with Crippen molar-refractivity contribution in [2.75, 3.05) is 20.1 Å². The summed E-state index contributed by atoms with van der Waals surface area (Å²) in [6.45, 7) is 6.47. The summed E-state index contributed by atoms with van der Waals surface area (Å²) in [4.78, 5) is 2.16. The molecule has 5 heteroatoms. The molecule has 0 aromatic heterocycles. The van der Waals surface area contributed by atoms with E-state index in [2.05, 4.69) is 18.7 Å². The van der Waals surface area contributed by atoms with E-state index in [1.165, 1.54) is 12.1 Å². The van der Waals surface area contributed by atoms with Crippen molar-refractivity contribution in [1.29, 1.82) is 0 Å². The van der Waals surface area contributed by atoms with E-state index in [1.54, 1.807) is 12.1 Å². The molecular weight excluding hydrogens is 270 g/mol. The molecule has 1 aromatic rings. The number of alkyl halides is 2. The van der Waals surface area contributed by atoms with Crippen LogP contribution in [0.1, 0.15) is 31.4 Å². The molecule has 0 aliphatic heterocycles. The monoisotopic (exact) mass is 292 g/mol. The number of nitrogens with two attached hydrogens (primary N) is 1. The predicted molar refractivity (Wildman–Crippen MR) is 77.8 cm³/mol. The van der Waals surface area contributed by atoms with E-state index in [1.807, 2.05) is 7.05 Å². The van der Waals surface area contributed by atoms with Crippen LogP contribution in [0.5, 0.6) is 0 Å². The van der Waals surface area contributed by atoms with Crippen LogP contribution in [0.15, 0.2) is 24.3 Å². The minimum Gasteiger partial charge on any atom is -0.330 e. The number of nitrogens with zero attached hydrogens (tertiary/aromatic N) is 1. The summed E-state index contributed by atoms with van der Waals surface area (Å²) in [6, 6.07) is 6.49. The highest BCUT2D eigenvalue weighted by Gasteiger charge is 2.18. The molecule has 19 heavy (non-hydrogen) atoms. The molecule has 1 rings (SSSR count). The molecule has 0 amide bonds. The zero-order chi connectivity index (χ0) is 13.8. The predicted octanol–water partition coefficient (Wildman–Crippen LogP) is 3.46. The Morgan fingerprint density at radius 2 is 1.74 bits per heavy atom. The minimum absolute atomic E-state index is 0. The van der Waals surface area contributed by atoms with E-state index in [0.29, 0.717) is 6.54 Å². The number of hydrogen-bond acceptors (Lipinski definition) is 2. The van der Waals surface area contributed by atoms with Crippen LogP contribution < -0.4 is 5.73 Å². The number of benzene rings is 1. The van der Waals surface area contributed by atoms with E-state index in [0.717, 1.165) is 18.7 Å². The summed E-state index contributed by atoms with van der Waals surface area (Å²) in [5, 5.41) is 0. The van der Waals surface area contributed by atoms with E-state index < -0.39 is 6.43 Å². The zero-order valence-electron chi connectivity index (χ0n) is 11.7. The van der Waals surface area contributed by atoms with Gasteiger partial charge in [-0.15, -0.1) is 12.4 Å². The molecule has 110 valence electrons. The third-order valence-electron chi connectivity index (χ3n) is 2.93. The van der Waals surface area contributed by atoms with Gasteiger partial charge in [0.05, 0.1) is 0 Å². The van der Waals surface area contributed by atoms with E-state index in [4.69, 9.17) is 5.73 Å². The largest absolute Gasteiger partial charge is 0.330 e. The summed E-state index contributed by atoms with van der Waals surface area (Å²) in [7, 11) is 2.01. The summed E-state index contributed by atoms with van der Waals surface area (Å²) in [6.07, 6.45) is -2.40. The smallest absolute Gasteiger partial charge is 0.263 e.